The van der Waals surface area contributed by atoms with Crippen molar-refractivity contribution in [2.75, 3.05) is 7.11 Å². The Bertz CT molecular complexity index is 1940. The van der Waals surface area contributed by atoms with Gasteiger partial charge >= 0.3 is 0 Å². The van der Waals surface area contributed by atoms with Crippen LogP contribution >= 0.6 is 0 Å². The van der Waals surface area contributed by atoms with Gasteiger partial charge in [-0.25, -0.2) is 9.50 Å². The van der Waals surface area contributed by atoms with Crippen LogP contribution in [0.15, 0.2) is 96.3 Å². The van der Waals surface area contributed by atoms with Gasteiger partial charge in [0.05, 0.1) is 30.4 Å². The second kappa shape index (κ2) is 10.1. The molecule has 0 spiro atoms. The Morgan fingerprint density at radius 1 is 1.02 bits per heavy atom. The number of aromatic nitrogens is 5. The highest BCUT2D eigenvalue weighted by atomic mass is 16.5. The maximum Gasteiger partial charge on any atom is 0.263 e. The molecule has 0 saturated heterocycles. The van der Waals surface area contributed by atoms with E-state index in [0.29, 0.717) is 39.4 Å². The van der Waals surface area contributed by atoms with Gasteiger partial charge in [-0.2, -0.15) is 5.10 Å². The predicted molar refractivity (Wildman–Crippen MR) is 153 cm³/mol. The van der Waals surface area contributed by atoms with E-state index in [9.17, 15) is 9.59 Å². The summed E-state index contributed by atoms with van der Waals surface area (Å²) in [5, 5.41) is 8.79. The Hall–Kier alpha value is -5.31. The van der Waals surface area contributed by atoms with Crippen molar-refractivity contribution in [2.45, 2.75) is 19.9 Å². The molecule has 1 amide bonds. The molecule has 2 aromatic carbocycles. The van der Waals surface area contributed by atoms with Crippen molar-refractivity contribution in [3.8, 4) is 22.6 Å². The number of methoxy groups -OCH3 is 1. The second-order valence-electron chi connectivity index (χ2n) is 9.47. The van der Waals surface area contributed by atoms with Gasteiger partial charge in [0.15, 0.2) is 5.65 Å². The van der Waals surface area contributed by atoms with E-state index < -0.39 is 6.04 Å². The minimum atomic E-state index is -0.523. The van der Waals surface area contributed by atoms with Gasteiger partial charge in [0.2, 0.25) is 0 Å². The number of hydrogen-bond donors (Lipinski definition) is 1. The lowest BCUT2D eigenvalue weighted by molar-refractivity contribution is 0.0939. The standard InChI is InChI=1S/C31H26N6O3/c1-19(34-30(38)27-20(2)35-36-14-8-13-33-29(27)36)26-16-21-9-7-12-25(22-15-24(40-3)18-32-17-22)28(21)31(39)37(26)23-10-5-4-6-11-23/h4-19H,1-3H3,(H,34,38)/t19-/m0/s1. The van der Waals surface area contributed by atoms with E-state index in [-0.39, 0.29) is 11.5 Å². The van der Waals surface area contributed by atoms with E-state index in [0.717, 1.165) is 16.5 Å². The summed E-state index contributed by atoms with van der Waals surface area (Å²) in [4.78, 5) is 36.5. The molecule has 40 heavy (non-hydrogen) atoms. The van der Waals surface area contributed by atoms with Crippen molar-refractivity contribution < 1.29 is 9.53 Å². The van der Waals surface area contributed by atoms with Crippen LogP contribution in [0.1, 0.15) is 34.7 Å². The first kappa shape index (κ1) is 25.0. The summed E-state index contributed by atoms with van der Waals surface area (Å²) < 4.78 is 8.61. The predicted octanol–water partition coefficient (Wildman–Crippen LogP) is 4.90. The number of nitrogens with one attached hydrogen (secondary N) is 1. The number of amides is 1. The molecule has 0 aliphatic carbocycles. The molecule has 9 heteroatoms. The normalized spacial score (nSPS) is 12.0. The number of carbonyl (C=O) groups excluding carboxylic acids is 1. The molecule has 0 aliphatic heterocycles. The summed E-state index contributed by atoms with van der Waals surface area (Å²) in [6.45, 7) is 3.64. The highest BCUT2D eigenvalue weighted by Crippen LogP contribution is 2.30. The third-order valence-electron chi connectivity index (χ3n) is 6.94. The zero-order valence-electron chi connectivity index (χ0n) is 22.2. The largest absolute Gasteiger partial charge is 0.495 e. The average Bonchev–Trinajstić information content (AvgIpc) is 3.32. The van der Waals surface area contributed by atoms with Gasteiger partial charge in [-0.1, -0.05) is 36.4 Å². The van der Waals surface area contributed by atoms with Crippen LogP contribution < -0.4 is 15.6 Å². The molecule has 0 fully saturated rings. The van der Waals surface area contributed by atoms with Crippen LogP contribution in [0.4, 0.5) is 0 Å². The number of carbonyl (C=O) groups is 1. The first-order valence-electron chi connectivity index (χ1n) is 12.8. The first-order chi connectivity index (χ1) is 19.5. The smallest absolute Gasteiger partial charge is 0.263 e. The molecule has 0 bridgehead atoms. The van der Waals surface area contributed by atoms with E-state index in [2.05, 4.69) is 20.4 Å². The van der Waals surface area contributed by atoms with E-state index in [1.54, 1.807) is 54.0 Å². The maximum atomic E-state index is 14.3. The fraction of sp³-hybridized carbons (Fsp3) is 0.129. The fourth-order valence-electron chi connectivity index (χ4n) is 5.07. The minimum Gasteiger partial charge on any atom is -0.495 e. The molecule has 0 aliphatic rings. The van der Waals surface area contributed by atoms with Crippen LogP contribution in [0.2, 0.25) is 0 Å². The van der Waals surface area contributed by atoms with E-state index in [1.165, 1.54) is 0 Å². The van der Waals surface area contributed by atoms with Crippen LogP contribution in [0.25, 0.3) is 33.2 Å². The minimum absolute atomic E-state index is 0.202. The van der Waals surface area contributed by atoms with Gasteiger partial charge in [-0.05, 0) is 55.1 Å². The van der Waals surface area contributed by atoms with Crippen LogP contribution in [0.5, 0.6) is 5.75 Å². The van der Waals surface area contributed by atoms with Crippen molar-refractivity contribution in [3.63, 3.8) is 0 Å². The first-order valence-corrected chi connectivity index (χ1v) is 12.8. The molecule has 4 heterocycles. The van der Waals surface area contributed by atoms with Crippen LogP contribution in [0, 0.1) is 6.92 Å². The summed E-state index contributed by atoms with van der Waals surface area (Å²) in [5.41, 5.74) is 4.08. The maximum absolute atomic E-state index is 14.3. The molecule has 9 nitrogen and oxygen atoms in total. The number of rotatable bonds is 6. The van der Waals surface area contributed by atoms with E-state index >= 15 is 0 Å². The van der Waals surface area contributed by atoms with Gasteiger partial charge in [-0.15, -0.1) is 0 Å². The topological polar surface area (TPSA) is 103 Å². The SMILES string of the molecule is COc1cncc(-c2cccc3cc([C@H](C)NC(=O)c4c(C)nn5cccnc45)n(-c4ccccc4)c(=O)c23)c1. The Morgan fingerprint density at radius 3 is 2.65 bits per heavy atom. The summed E-state index contributed by atoms with van der Waals surface area (Å²) >= 11 is 0. The van der Waals surface area contributed by atoms with Gasteiger partial charge < -0.3 is 10.1 Å². The molecular formula is C31H26N6O3. The number of hydrogen-bond acceptors (Lipinski definition) is 6. The van der Waals surface area contributed by atoms with Crippen molar-refractivity contribution in [2.24, 2.45) is 0 Å². The number of para-hydroxylation sites is 1. The lowest BCUT2D eigenvalue weighted by Crippen LogP contribution is -2.32. The molecule has 0 unspecified atom stereocenters. The number of aryl methyl sites for hydroxylation is 1. The zero-order valence-corrected chi connectivity index (χ0v) is 22.2. The van der Waals surface area contributed by atoms with Gasteiger partial charge in [0.25, 0.3) is 11.5 Å². The molecule has 1 atom stereocenters. The van der Waals surface area contributed by atoms with Gasteiger partial charge in [-0.3, -0.25) is 19.1 Å². The lowest BCUT2D eigenvalue weighted by Gasteiger charge is -2.21. The second-order valence-corrected chi connectivity index (χ2v) is 9.47. The quantitative estimate of drug-likeness (QED) is 0.328. The van der Waals surface area contributed by atoms with Crippen LogP contribution in [0.3, 0.4) is 0 Å². The van der Waals surface area contributed by atoms with E-state index in [4.69, 9.17) is 4.74 Å². The van der Waals surface area contributed by atoms with Crippen molar-refractivity contribution in [1.82, 2.24) is 29.5 Å². The third kappa shape index (κ3) is 4.27. The van der Waals surface area contributed by atoms with Gasteiger partial charge in [0, 0.05) is 35.5 Å². The number of nitrogens with zero attached hydrogens (tertiary/aromatic N) is 5. The monoisotopic (exact) mass is 530 g/mol. The van der Waals surface area contributed by atoms with Crippen molar-refractivity contribution in [3.05, 3.63) is 119 Å². The number of ether oxygens (including phenoxy) is 1. The van der Waals surface area contributed by atoms with Gasteiger partial charge in [0.1, 0.15) is 11.3 Å². The Balaban J connectivity index is 1.51. The molecule has 6 rings (SSSR count). The zero-order chi connectivity index (χ0) is 27.8. The summed E-state index contributed by atoms with van der Waals surface area (Å²) in [7, 11) is 1.58. The summed E-state index contributed by atoms with van der Waals surface area (Å²) in [6.07, 6.45) is 6.72. The lowest BCUT2D eigenvalue weighted by atomic mass is 9.98. The van der Waals surface area contributed by atoms with Crippen molar-refractivity contribution in [1.29, 1.82) is 0 Å². The summed E-state index contributed by atoms with van der Waals surface area (Å²) in [5.74, 6) is 0.283. The molecule has 4 aromatic heterocycles. The molecule has 0 saturated carbocycles. The molecule has 198 valence electrons. The third-order valence-corrected chi connectivity index (χ3v) is 6.94. The fourth-order valence-corrected chi connectivity index (χ4v) is 5.07. The van der Waals surface area contributed by atoms with Crippen molar-refractivity contribution >= 4 is 22.3 Å². The van der Waals surface area contributed by atoms with Crippen LogP contribution in [-0.2, 0) is 0 Å². The van der Waals surface area contributed by atoms with Crippen LogP contribution in [-0.4, -0.2) is 37.2 Å². The number of benzene rings is 2. The molecular weight excluding hydrogens is 504 g/mol. The highest BCUT2D eigenvalue weighted by Gasteiger charge is 2.23. The Labute approximate surface area is 229 Å². The number of fused-ring (bicyclic) bond motifs is 2. The molecule has 6 aromatic rings. The molecule has 0 radical (unpaired) electrons. The average molecular weight is 531 g/mol. The number of pyridine rings is 2. The Kier molecular flexibility index (Phi) is 6.31. The highest BCUT2D eigenvalue weighted by molar-refractivity contribution is 6.01. The van der Waals surface area contributed by atoms with E-state index in [1.807, 2.05) is 67.6 Å². The molecule has 1 N–H and O–H groups in total. The Morgan fingerprint density at radius 2 is 1.85 bits per heavy atom. The summed E-state index contributed by atoms with van der Waals surface area (Å²) in [6, 6.07) is 20.2.